The van der Waals surface area contributed by atoms with Gasteiger partial charge in [-0.05, 0) is 50.9 Å². The molecule has 0 spiro atoms. The highest BCUT2D eigenvalue weighted by atomic mass is 32.2. The number of hydrogen-bond acceptors (Lipinski definition) is 4. The first-order valence-electron chi connectivity index (χ1n) is 8.09. The number of anilines is 1. The van der Waals surface area contributed by atoms with Crippen LogP contribution in [0.4, 0.5) is 5.69 Å². The summed E-state index contributed by atoms with van der Waals surface area (Å²) >= 11 is 0. The molecule has 0 aromatic heterocycles. The third-order valence-electron chi connectivity index (χ3n) is 4.01. The van der Waals surface area contributed by atoms with E-state index in [-0.39, 0.29) is 22.9 Å². The average Bonchev–Trinajstić information content (AvgIpc) is 2.55. The summed E-state index contributed by atoms with van der Waals surface area (Å²) < 4.78 is 27.2. The molecule has 0 aliphatic carbocycles. The molecule has 23 heavy (non-hydrogen) atoms. The molecule has 3 N–H and O–H groups in total. The summed E-state index contributed by atoms with van der Waals surface area (Å²) in [6.45, 7) is 4.57. The quantitative estimate of drug-likeness (QED) is 0.738. The van der Waals surface area contributed by atoms with E-state index in [1.54, 1.807) is 12.1 Å². The molecule has 0 radical (unpaired) electrons. The monoisotopic (exact) mass is 339 g/mol. The van der Waals surface area contributed by atoms with Crippen LogP contribution in [-0.4, -0.2) is 33.0 Å². The third kappa shape index (κ3) is 5.02. The minimum atomic E-state index is -3.57. The lowest BCUT2D eigenvalue weighted by molar-refractivity contribution is -0.118. The highest BCUT2D eigenvalue weighted by molar-refractivity contribution is 7.89. The van der Waals surface area contributed by atoms with Gasteiger partial charge < -0.3 is 10.6 Å². The normalized spacial score (nSPS) is 20.0. The molecule has 7 heteroatoms. The van der Waals surface area contributed by atoms with E-state index in [9.17, 15) is 13.2 Å². The van der Waals surface area contributed by atoms with Crippen molar-refractivity contribution in [2.75, 3.05) is 11.9 Å². The Labute approximate surface area is 138 Å². The molecule has 1 aliphatic rings. The highest BCUT2D eigenvalue weighted by Crippen LogP contribution is 2.17. The van der Waals surface area contributed by atoms with E-state index in [4.69, 9.17) is 0 Å². The number of rotatable bonds is 6. The molecule has 1 fully saturated rings. The van der Waals surface area contributed by atoms with Crippen molar-refractivity contribution >= 4 is 21.6 Å². The largest absolute Gasteiger partial charge is 0.325 e. The van der Waals surface area contributed by atoms with Gasteiger partial charge in [-0.2, -0.15) is 0 Å². The fourth-order valence-electron chi connectivity index (χ4n) is 2.46. The molecule has 128 valence electrons. The van der Waals surface area contributed by atoms with Crippen molar-refractivity contribution in [2.45, 2.75) is 56.5 Å². The number of nitrogens with one attached hydrogen (secondary N) is 3. The number of piperidine rings is 1. The Balaban J connectivity index is 2.08. The molecular weight excluding hydrogens is 314 g/mol. The van der Waals surface area contributed by atoms with Crippen molar-refractivity contribution in [3.05, 3.63) is 24.3 Å². The Morgan fingerprint density at radius 2 is 2.17 bits per heavy atom. The van der Waals surface area contributed by atoms with Gasteiger partial charge in [-0.15, -0.1) is 0 Å². The van der Waals surface area contributed by atoms with Crippen LogP contribution in [0.15, 0.2) is 29.2 Å². The number of sulfonamides is 1. The summed E-state index contributed by atoms with van der Waals surface area (Å²) in [7, 11) is -3.57. The Hall–Kier alpha value is -1.44. The molecular formula is C16H25N3O3S. The first-order chi connectivity index (χ1) is 10.9. The molecule has 1 aromatic carbocycles. The first-order valence-corrected chi connectivity index (χ1v) is 9.57. The van der Waals surface area contributed by atoms with E-state index < -0.39 is 10.0 Å². The van der Waals surface area contributed by atoms with E-state index in [1.165, 1.54) is 12.1 Å². The zero-order valence-corrected chi connectivity index (χ0v) is 14.4. The summed E-state index contributed by atoms with van der Waals surface area (Å²) in [6, 6.07) is 6.01. The number of carbonyl (C=O) groups is 1. The molecule has 1 aromatic rings. The van der Waals surface area contributed by atoms with E-state index in [1.807, 2.05) is 13.8 Å². The van der Waals surface area contributed by atoms with Crippen molar-refractivity contribution < 1.29 is 13.2 Å². The average molecular weight is 339 g/mol. The summed E-state index contributed by atoms with van der Waals surface area (Å²) in [5, 5.41) is 5.97. The van der Waals surface area contributed by atoms with Crippen molar-refractivity contribution in [3.63, 3.8) is 0 Å². The van der Waals surface area contributed by atoms with Gasteiger partial charge in [-0.1, -0.05) is 19.4 Å². The van der Waals surface area contributed by atoms with Crippen LogP contribution < -0.4 is 15.4 Å². The van der Waals surface area contributed by atoms with Gasteiger partial charge in [0.15, 0.2) is 0 Å². The van der Waals surface area contributed by atoms with Crippen LogP contribution in [0.2, 0.25) is 0 Å². The molecule has 0 saturated carbocycles. The second-order valence-corrected chi connectivity index (χ2v) is 7.66. The molecule has 0 bridgehead atoms. The molecule has 1 amide bonds. The predicted molar refractivity (Wildman–Crippen MR) is 90.8 cm³/mol. The van der Waals surface area contributed by atoms with E-state index in [0.717, 1.165) is 25.8 Å². The van der Waals surface area contributed by atoms with Crippen LogP contribution in [-0.2, 0) is 14.8 Å². The van der Waals surface area contributed by atoms with Gasteiger partial charge in [0.1, 0.15) is 0 Å². The SMILES string of the molecule is CCC(C)NS(=O)(=O)c1cccc(NC(=O)C2CCCCN2)c1. The van der Waals surface area contributed by atoms with Crippen LogP contribution in [0, 0.1) is 0 Å². The number of benzene rings is 1. The first kappa shape index (κ1) is 17.9. The zero-order valence-electron chi connectivity index (χ0n) is 13.6. The van der Waals surface area contributed by atoms with Crippen LogP contribution in [0.25, 0.3) is 0 Å². The number of amides is 1. The van der Waals surface area contributed by atoms with Crippen molar-refractivity contribution in [1.82, 2.24) is 10.0 Å². The molecule has 1 aliphatic heterocycles. The summed E-state index contributed by atoms with van der Waals surface area (Å²) in [4.78, 5) is 12.4. The van der Waals surface area contributed by atoms with Crippen LogP contribution in [0.1, 0.15) is 39.5 Å². The van der Waals surface area contributed by atoms with Crippen LogP contribution >= 0.6 is 0 Å². The number of hydrogen-bond donors (Lipinski definition) is 3. The zero-order chi connectivity index (χ0) is 16.9. The van der Waals surface area contributed by atoms with Crippen LogP contribution in [0.3, 0.4) is 0 Å². The molecule has 2 rings (SSSR count). The second-order valence-electron chi connectivity index (χ2n) is 5.95. The lowest BCUT2D eigenvalue weighted by Crippen LogP contribution is -2.43. The van der Waals surface area contributed by atoms with Gasteiger partial charge in [0, 0.05) is 11.7 Å². The van der Waals surface area contributed by atoms with E-state index in [0.29, 0.717) is 12.1 Å². The Bertz CT molecular complexity index is 640. The van der Waals surface area contributed by atoms with Gasteiger partial charge in [0.2, 0.25) is 15.9 Å². The van der Waals surface area contributed by atoms with Gasteiger partial charge in [-0.3, -0.25) is 4.79 Å². The minimum Gasteiger partial charge on any atom is -0.325 e. The number of carbonyl (C=O) groups excluding carboxylic acids is 1. The summed E-state index contributed by atoms with van der Waals surface area (Å²) in [6.07, 6.45) is 3.62. The van der Waals surface area contributed by atoms with Gasteiger partial charge in [0.25, 0.3) is 0 Å². The molecule has 2 unspecified atom stereocenters. The smallest absolute Gasteiger partial charge is 0.241 e. The maximum atomic E-state index is 12.3. The van der Waals surface area contributed by atoms with Crippen molar-refractivity contribution in [2.24, 2.45) is 0 Å². The van der Waals surface area contributed by atoms with E-state index in [2.05, 4.69) is 15.4 Å². The van der Waals surface area contributed by atoms with Gasteiger partial charge >= 0.3 is 0 Å². The lowest BCUT2D eigenvalue weighted by atomic mass is 10.0. The Morgan fingerprint density at radius 3 is 2.83 bits per heavy atom. The van der Waals surface area contributed by atoms with Gasteiger partial charge in [-0.25, -0.2) is 13.1 Å². The van der Waals surface area contributed by atoms with Crippen LogP contribution in [0.5, 0.6) is 0 Å². The molecule has 1 heterocycles. The standard InChI is InChI=1S/C16H25N3O3S/c1-3-12(2)19-23(21,22)14-8-6-7-13(11-14)18-16(20)15-9-4-5-10-17-15/h6-8,11-12,15,17,19H,3-5,9-10H2,1-2H3,(H,18,20). The molecule has 2 atom stereocenters. The Kier molecular flexibility index (Phi) is 6.15. The third-order valence-corrected chi connectivity index (χ3v) is 5.59. The predicted octanol–water partition coefficient (Wildman–Crippen LogP) is 1.84. The highest BCUT2D eigenvalue weighted by Gasteiger charge is 2.21. The molecule has 1 saturated heterocycles. The minimum absolute atomic E-state index is 0.117. The van der Waals surface area contributed by atoms with Gasteiger partial charge in [0.05, 0.1) is 10.9 Å². The fourth-order valence-corrected chi connectivity index (χ4v) is 3.83. The molecule has 6 nitrogen and oxygen atoms in total. The second kappa shape index (κ2) is 7.90. The fraction of sp³-hybridized carbons (Fsp3) is 0.562. The summed E-state index contributed by atoms with van der Waals surface area (Å²) in [5.41, 5.74) is 0.495. The maximum absolute atomic E-state index is 12.3. The Morgan fingerprint density at radius 1 is 1.39 bits per heavy atom. The maximum Gasteiger partial charge on any atom is 0.241 e. The lowest BCUT2D eigenvalue weighted by Gasteiger charge is -2.22. The van der Waals surface area contributed by atoms with E-state index >= 15 is 0 Å². The summed E-state index contributed by atoms with van der Waals surface area (Å²) in [5.74, 6) is -0.117. The van der Waals surface area contributed by atoms with Crippen molar-refractivity contribution in [1.29, 1.82) is 0 Å². The topological polar surface area (TPSA) is 87.3 Å². The van der Waals surface area contributed by atoms with Crippen molar-refractivity contribution in [3.8, 4) is 0 Å².